The molecule has 2 aromatic rings. The lowest BCUT2D eigenvalue weighted by Gasteiger charge is -2.54. The number of benzene rings is 1. The quantitative estimate of drug-likeness (QED) is 0.563. The molecule has 1 fully saturated rings. The van der Waals surface area contributed by atoms with Gasteiger partial charge in [-0.05, 0) is 38.0 Å². The van der Waals surface area contributed by atoms with Crippen LogP contribution in [0, 0.1) is 11.7 Å². The van der Waals surface area contributed by atoms with E-state index in [-0.39, 0.29) is 34.6 Å². The zero-order chi connectivity index (χ0) is 21.7. The first-order chi connectivity index (χ1) is 14.1. The highest BCUT2D eigenvalue weighted by molar-refractivity contribution is 8.25. The molecular formula is C19H22F3N3O4S. The lowest BCUT2D eigenvalue weighted by molar-refractivity contribution is -0.126. The van der Waals surface area contributed by atoms with E-state index in [0.717, 1.165) is 17.7 Å². The summed E-state index contributed by atoms with van der Waals surface area (Å²) >= 11 is 0. The third-order valence-corrected chi connectivity index (χ3v) is 7.66. The molecule has 4 N–H and O–H groups in total. The van der Waals surface area contributed by atoms with Gasteiger partial charge in [-0.15, -0.1) is 0 Å². The van der Waals surface area contributed by atoms with E-state index in [4.69, 9.17) is 0 Å². The lowest BCUT2D eigenvalue weighted by atomic mass is 9.85. The summed E-state index contributed by atoms with van der Waals surface area (Å²) < 4.78 is 62.8. The van der Waals surface area contributed by atoms with E-state index >= 15 is 0 Å². The molecule has 1 aromatic heterocycles. The molecule has 7 nitrogen and oxygen atoms in total. The Morgan fingerprint density at radius 3 is 2.80 bits per heavy atom. The van der Waals surface area contributed by atoms with Crippen molar-refractivity contribution in [3.05, 3.63) is 35.3 Å². The van der Waals surface area contributed by atoms with Gasteiger partial charge in [0.25, 0.3) is 0 Å². The smallest absolute Gasteiger partial charge is 0.387 e. The van der Waals surface area contributed by atoms with Crippen LogP contribution in [0.2, 0.25) is 0 Å². The SMILES string of the molecule is CC1(NC(=O)C2CCc3c(-c4cc(OC(F)F)ccc4F)n[nH]c3C2)CS(O)(O)C1. The number of aromatic amines is 1. The molecule has 4 rings (SSSR count). The number of hydrogen-bond acceptors (Lipinski definition) is 5. The third-order valence-electron chi connectivity index (χ3n) is 5.46. The molecule has 1 atom stereocenters. The minimum absolute atomic E-state index is 0.0562. The number of nitrogens with one attached hydrogen (secondary N) is 2. The van der Waals surface area contributed by atoms with Gasteiger partial charge in [0, 0.05) is 29.2 Å². The monoisotopic (exact) mass is 445 g/mol. The van der Waals surface area contributed by atoms with Crippen molar-refractivity contribution in [2.24, 2.45) is 5.92 Å². The van der Waals surface area contributed by atoms with Crippen LogP contribution < -0.4 is 10.1 Å². The number of halogens is 3. The van der Waals surface area contributed by atoms with Crippen LogP contribution in [0.15, 0.2) is 18.2 Å². The number of carbonyl (C=O) groups excluding carboxylic acids is 1. The number of amides is 1. The maximum atomic E-state index is 14.3. The van der Waals surface area contributed by atoms with Gasteiger partial charge in [-0.1, -0.05) is 0 Å². The first-order valence-corrected chi connectivity index (χ1v) is 11.3. The van der Waals surface area contributed by atoms with Crippen LogP contribution >= 0.6 is 10.6 Å². The summed E-state index contributed by atoms with van der Waals surface area (Å²) in [7, 11) is -2.58. The second-order valence-electron chi connectivity index (χ2n) is 8.13. The average Bonchev–Trinajstić information content (AvgIpc) is 3.04. The second kappa shape index (κ2) is 7.47. The molecule has 1 unspecified atom stereocenters. The summed E-state index contributed by atoms with van der Waals surface area (Å²) in [6.07, 6.45) is 1.34. The van der Waals surface area contributed by atoms with Crippen molar-refractivity contribution in [1.82, 2.24) is 15.5 Å². The van der Waals surface area contributed by atoms with Crippen LogP contribution in [0.25, 0.3) is 11.3 Å². The number of alkyl halides is 2. The molecule has 0 spiro atoms. The zero-order valence-corrected chi connectivity index (χ0v) is 16.9. The van der Waals surface area contributed by atoms with E-state index < -0.39 is 28.6 Å². The van der Waals surface area contributed by atoms with E-state index in [1.807, 2.05) is 0 Å². The van der Waals surface area contributed by atoms with Crippen LogP contribution in [-0.4, -0.2) is 48.9 Å². The predicted molar refractivity (Wildman–Crippen MR) is 105 cm³/mol. The van der Waals surface area contributed by atoms with Crippen molar-refractivity contribution >= 4 is 16.5 Å². The Bertz CT molecular complexity index is 974. The van der Waals surface area contributed by atoms with Gasteiger partial charge in [0.15, 0.2) is 0 Å². The summed E-state index contributed by atoms with van der Waals surface area (Å²) in [5, 5.41) is 9.90. The normalized spacial score (nSPS) is 22.7. The van der Waals surface area contributed by atoms with Gasteiger partial charge in [0.1, 0.15) is 11.6 Å². The van der Waals surface area contributed by atoms with Gasteiger partial charge in [-0.2, -0.15) is 24.5 Å². The molecule has 2 heterocycles. The molecule has 1 amide bonds. The summed E-state index contributed by atoms with van der Waals surface area (Å²) in [6, 6.07) is 3.37. The van der Waals surface area contributed by atoms with Crippen LogP contribution in [0.1, 0.15) is 24.6 Å². The standard InChI is InChI=1S/C19H22F3N3O4S/c1-19(8-30(27,28)9-19)23-17(26)10-2-4-12-15(6-10)24-25-16(12)13-7-11(29-18(21)22)3-5-14(13)20/h3,5,7,10,18,27-28H,2,4,6,8-9H2,1H3,(H,23,26)(H,24,25). The van der Waals surface area contributed by atoms with E-state index in [1.165, 1.54) is 6.07 Å². The third kappa shape index (κ3) is 4.14. The molecule has 1 aliphatic carbocycles. The van der Waals surface area contributed by atoms with Crippen LogP contribution in [0.3, 0.4) is 0 Å². The van der Waals surface area contributed by atoms with E-state index in [2.05, 4.69) is 20.3 Å². The summed E-state index contributed by atoms with van der Waals surface area (Å²) in [6.45, 7) is -1.24. The van der Waals surface area contributed by atoms with Gasteiger partial charge < -0.3 is 10.1 Å². The van der Waals surface area contributed by atoms with Crippen LogP contribution in [0.4, 0.5) is 13.2 Å². The highest BCUT2D eigenvalue weighted by Gasteiger charge is 2.46. The topological polar surface area (TPSA) is 107 Å². The van der Waals surface area contributed by atoms with Gasteiger partial charge in [-0.3, -0.25) is 19.0 Å². The fourth-order valence-electron chi connectivity index (χ4n) is 4.26. The van der Waals surface area contributed by atoms with Crippen molar-refractivity contribution < 1.29 is 31.8 Å². The Kier molecular flexibility index (Phi) is 5.23. The predicted octanol–water partition coefficient (Wildman–Crippen LogP) is 3.56. The number of hydrogen-bond donors (Lipinski definition) is 4. The van der Waals surface area contributed by atoms with Crippen molar-refractivity contribution in [3.8, 4) is 17.0 Å². The first-order valence-electron chi connectivity index (χ1n) is 9.42. The lowest BCUT2D eigenvalue weighted by Crippen LogP contribution is -2.62. The van der Waals surface area contributed by atoms with Gasteiger partial charge in [-0.25, -0.2) is 4.39 Å². The van der Waals surface area contributed by atoms with E-state index in [0.29, 0.717) is 30.7 Å². The van der Waals surface area contributed by atoms with Gasteiger partial charge >= 0.3 is 6.61 Å². The van der Waals surface area contributed by atoms with E-state index in [1.54, 1.807) is 6.92 Å². The molecule has 30 heavy (non-hydrogen) atoms. The first kappa shape index (κ1) is 21.0. The summed E-state index contributed by atoms with van der Waals surface area (Å²) in [4.78, 5) is 12.7. The molecule has 0 radical (unpaired) electrons. The molecule has 0 saturated carbocycles. The molecule has 1 saturated heterocycles. The number of aromatic nitrogens is 2. The van der Waals surface area contributed by atoms with Gasteiger partial charge in [0.2, 0.25) is 5.91 Å². The van der Waals surface area contributed by atoms with Crippen molar-refractivity contribution in [2.45, 2.75) is 38.3 Å². The minimum Gasteiger partial charge on any atom is -0.435 e. The van der Waals surface area contributed by atoms with Crippen LogP contribution in [0.5, 0.6) is 5.75 Å². The Labute approximate surface area is 172 Å². The molecule has 164 valence electrons. The molecular weight excluding hydrogens is 423 g/mol. The maximum absolute atomic E-state index is 14.3. The fourth-order valence-corrected chi connectivity index (χ4v) is 6.37. The highest BCUT2D eigenvalue weighted by atomic mass is 32.3. The van der Waals surface area contributed by atoms with E-state index in [9.17, 15) is 27.1 Å². The number of ether oxygens (including phenoxy) is 1. The number of fused-ring (bicyclic) bond motifs is 1. The Morgan fingerprint density at radius 1 is 1.40 bits per heavy atom. The zero-order valence-electron chi connectivity index (χ0n) is 16.1. The number of H-pyrrole nitrogens is 1. The van der Waals surface area contributed by atoms with Crippen molar-refractivity contribution in [3.63, 3.8) is 0 Å². The van der Waals surface area contributed by atoms with Crippen LogP contribution in [-0.2, 0) is 17.6 Å². The molecule has 11 heteroatoms. The molecule has 2 aliphatic rings. The highest BCUT2D eigenvalue weighted by Crippen LogP contribution is 2.54. The minimum atomic E-state index is -3.02. The largest absolute Gasteiger partial charge is 0.435 e. The summed E-state index contributed by atoms with van der Waals surface area (Å²) in [5.74, 6) is -0.979. The maximum Gasteiger partial charge on any atom is 0.387 e. The Balaban J connectivity index is 1.49. The fraction of sp³-hybridized carbons (Fsp3) is 0.474. The molecule has 1 aromatic carbocycles. The van der Waals surface area contributed by atoms with Crippen molar-refractivity contribution in [1.29, 1.82) is 0 Å². The molecule has 0 bridgehead atoms. The Morgan fingerprint density at radius 2 is 2.13 bits per heavy atom. The Hall–Kier alpha value is -2.24. The average molecular weight is 445 g/mol. The number of nitrogens with zero attached hydrogens (tertiary/aromatic N) is 1. The number of carbonyl (C=O) groups is 1. The molecule has 1 aliphatic heterocycles. The number of rotatable bonds is 5. The van der Waals surface area contributed by atoms with Gasteiger partial charge in [0.05, 0.1) is 22.7 Å². The van der Waals surface area contributed by atoms with Crippen molar-refractivity contribution in [2.75, 3.05) is 11.5 Å². The summed E-state index contributed by atoms with van der Waals surface area (Å²) in [5.41, 5.74) is 1.20. The second-order valence-corrected chi connectivity index (χ2v) is 10.3.